The predicted molar refractivity (Wildman–Crippen MR) is 82.2 cm³/mol. The summed E-state index contributed by atoms with van der Waals surface area (Å²) >= 11 is 0. The van der Waals surface area contributed by atoms with E-state index in [0.717, 1.165) is 0 Å². The molecule has 0 aromatic carbocycles. The molecule has 0 N–H and O–H groups in total. The number of pyridine rings is 1. The number of carbonyl (C=O) groups is 1. The summed E-state index contributed by atoms with van der Waals surface area (Å²) in [6.07, 6.45) is -0.888. The first-order valence-corrected chi connectivity index (χ1v) is 7.19. The van der Waals surface area contributed by atoms with E-state index in [9.17, 15) is 14.9 Å². The zero-order valence-corrected chi connectivity index (χ0v) is 13.4. The minimum Gasteiger partial charge on any atom is -0.353 e. The number of ether oxygens (including phenoxy) is 2. The number of nitrogens with zero attached hydrogens (tertiary/aromatic N) is 4. The molecule has 0 aliphatic carbocycles. The van der Waals surface area contributed by atoms with Crippen LogP contribution in [-0.2, 0) is 14.3 Å². The molecule has 0 bridgehead atoms. The summed E-state index contributed by atoms with van der Waals surface area (Å²) in [6.45, 7) is 3.83. The van der Waals surface area contributed by atoms with Gasteiger partial charge in [0.05, 0.1) is 4.92 Å². The molecule has 0 saturated carbocycles. The summed E-state index contributed by atoms with van der Waals surface area (Å²) in [5.74, 6) is 0.470. The van der Waals surface area contributed by atoms with Crippen LogP contribution in [0, 0.1) is 17.0 Å². The van der Waals surface area contributed by atoms with Crippen LogP contribution in [-0.4, -0.2) is 67.4 Å². The molecule has 1 amide bonds. The van der Waals surface area contributed by atoms with Crippen molar-refractivity contribution >= 4 is 17.4 Å². The van der Waals surface area contributed by atoms with Crippen molar-refractivity contribution in [1.29, 1.82) is 0 Å². The molecular formula is C14H20N4O5. The Balaban J connectivity index is 2.00. The molecule has 2 rings (SSSR count). The number of piperazine rings is 1. The van der Waals surface area contributed by atoms with E-state index < -0.39 is 11.2 Å². The Morgan fingerprint density at radius 2 is 1.87 bits per heavy atom. The molecule has 0 unspecified atom stereocenters. The molecule has 9 heteroatoms. The van der Waals surface area contributed by atoms with Crippen molar-refractivity contribution in [3.8, 4) is 0 Å². The summed E-state index contributed by atoms with van der Waals surface area (Å²) in [7, 11) is 2.85. The molecule has 2 heterocycles. The Bertz CT molecular complexity index is 583. The first kappa shape index (κ1) is 17.1. The van der Waals surface area contributed by atoms with Gasteiger partial charge in [0, 0.05) is 46.5 Å². The van der Waals surface area contributed by atoms with Gasteiger partial charge in [0.2, 0.25) is 6.29 Å². The van der Waals surface area contributed by atoms with Crippen LogP contribution >= 0.6 is 0 Å². The highest BCUT2D eigenvalue weighted by molar-refractivity contribution is 5.80. The molecular weight excluding hydrogens is 304 g/mol. The van der Waals surface area contributed by atoms with Crippen LogP contribution < -0.4 is 4.90 Å². The molecule has 1 aromatic heterocycles. The fourth-order valence-corrected chi connectivity index (χ4v) is 2.51. The zero-order chi connectivity index (χ0) is 17.0. The van der Waals surface area contributed by atoms with Crippen LogP contribution in [0.5, 0.6) is 0 Å². The quantitative estimate of drug-likeness (QED) is 0.443. The van der Waals surface area contributed by atoms with Crippen LogP contribution in [0.4, 0.5) is 11.5 Å². The van der Waals surface area contributed by atoms with Gasteiger partial charge in [-0.2, -0.15) is 0 Å². The molecule has 0 radical (unpaired) electrons. The number of amides is 1. The van der Waals surface area contributed by atoms with E-state index >= 15 is 0 Å². The van der Waals surface area contributed by atoms with Crippen molar-refractivity contribution in [3.63, 3.8) is 0 Å². The predicted octanol–water partition coefficient (Wildman–Crippen LogP) is 0.566. The Morgan fingerprint density at radius 1 is 1.26 bits per heavy atom. The highest BCUT2D eigenvalue weighted by Gasteiger charge is 2.28. The van der Waals surface area contributed by atoms with Gasteiger partial charge in [-0.3, -0.25) is 14.9 Å². The summed E-state index contributed by atoms with van der Waals surface area (Å²) in [4.78, 5) is 30.5. The van der Waals surface area contributed by atoms with E-state index in [4.69, 9.17) is 9.47 Å². The second-order valence-corrected chi connectivity index (χ2v) is 5.15. The van der Waals surface area contributed by atoms with Crippen molar-refractivity contribution in [2.75, 3.05) is 45.3 Å². The first-order chi connectivity index (χ1) is 11.0. The number of methoxy groups -OCH3 is 2. The Morgan fingerprint density at radius 3 is 2.35 bits per heavy atom. The monoisotopic (exact) mass is 324 g/mol. The van der Waals surface area contributed by atoms with E-state index in [1.54, 1.807) is 17.9 Å². The summed E-state index contributed by atoms with van der Waals surface area (Å²) in [6, 6.07) is 3.09. The molecule has 0 atom stereocenters. The number of anilines is 1. The number of hydrogen-bond donors (Lipinski definition) is 0. The van der Waals surface area contributed by atoms with Gasteiger partial charge in [0.15, 0.2) is 0 Å². The maximum Gasteiger partial charge on any atom is 0.290 e. The summed E-state index contributed by atoms with van der Waals surface area (Å²) in [5.41, 5.74) is 0.385. The molecule has 23 heavy (non-hydrogen) atoms. The number of hydrogen-bond acceptors (Lipinski definition) is 7. The largest absolute Gasteiger partial charge is 0.353 e. The van der Waals surface area contributed by atoms with Crippen molar-refractivity contribution in [2.45, 2.75) is 13.2 Å². The number of nitro groups is 1. The van der Waals surface area contributed by atoms with Crippen molar-refractivity contribution in [2.24, 2.45) is 0 Å². The third-order valence-corrected chi connectivity index (χ3v) is 3.79. The smallest absolute Gasteiger partial charge is 0.290 e. The van der Waals surface area contributed by atoms with Crippen molar-refractivity contribution < 1.29 is 19.2 Å². The van der Waals surface area contributed by atoms with Crippen LogP contribution in [0.25, 0.3) is 0 Å². The Labute approximate surface area is 133 Å². The normalized spacial score (nSPS) is 15.1. The van der Waals surface area contributed by atoms with Crippen molar-refractivity contribution in [1.82, 2.24) is 9.88 Å². The van der Waals surface area contributed by atoms with Gasteiger partial charge in [-0.15, -0.1) is 0 Å². The van der Waals surface area contributed by atoms with Crippen LogP contribution in [0.2, 0.25) is 0 Å². The molecule has 126 valence electrons. The van der Waals surface area contributed by atoms with Gasteiger partial charge in [-0.1, -0.05) is 0 Å². The minimum absolute atomic E-state index is 0.00518. The van der Waals surface area contributed by atoms with Crippen LogP contribution in [0.15, 0.2) is 12.1 Å². The number of aromatic nitrogens is 1. The average molecular weight is 324 g/mol. The lowest BCUT2D eigenvalue weighted by molar-refractivity contribution is -0.385. The summed E-state index contributed by atoms with van der Waals surface area (Å²) in [5, 5.41) is 10.8. The third kappa shape index (κ3) is 3.74. The number of aryl methyl sites for hydroxylation is 1. The van der Waals surface area contributed by atoms with Gasteiger partial charge in [0.25, 0.3) is 11.6 Å². The van der Waals surface area contributed by atoms with Gasteiger partial charge in [-0.05, 0) is 13.0 Å². The molecule has 1 aliphatic rings. The first-order valence-electron chi connectivity index (χ1n) is 7.19. The van der Waals surface area contributed by atoms with Crippen LogP contribution in [0.3, 0.4) is 0 Å². The van der Waals surface area contributed by atoms with Crippen LogP contribution in [0.1, 0.15) is 5.69 Å². The lowest BCUT2D eigenvalue weighted by Crippen LogP contribution is -2.52. The standard InChI is InChI=1S/C14H20N4O5/c1-10-11(18(20)21)4-5-12(15-10)16-6-8-17(9-7-16)13(19)14(22-2)23-3/h4-5,14H,6-9H2,1-3H3. The lowest BCUT2D eigenvalue weighted by Gasteiger charge is -2.36. The topological polar surface area (TPSA) is 98.0 Å². The SMILES string of the molecule is COC(OC)C(=O)N1CCN(c2ccc([N+](=O)[O-])c(C)n2)CC1. The minimum atomic E-state index is -0.888. The highest BCUT2D eigenvalue weighted by Crippen LogP contribution is 2.21. The molecule has 1 fully saturated rings. The van der Waals surface area contributed by atoms with Crippen molar-refractivity contribution in [3.05, 3.63) is 27.9 Å². The Hall–Kier alpha value is -2.26. The number of rotatable bonds is 5. The fourth-order valence-electron chi connectivity index (χ4n) is 2.51. The zero-order valence-electron chi connectivity index (χ0n) is 13.4. The molecule has 9 nitrogen and oxygen atoms in total. The molecule has 1 aromatic rings. The molecule has 1 saturated heterocycles. The van der Waals surface area contributed by atoms with Gasteiger partial charge in [-0.25, -0.2) is 4.98 Å². The third-order valence-electron chi connectivity index (χ3n) is 3.79. The maximum atomic E-state index is 12.1. The average Bonchev–Trinajstić information content (AvgIpc) is 2.55. The van der Waals surface area contributed by atoms with E-state index in [0.29, 0.717) is 37.7 Å². The second kappa shape index (κ2) is 7.34. The molecule has 0 spiro atoms. The van der Waals surface area contributed by atoms with E-state index in [1.165, 1.54) is 20.3 Å². The summed E-state index contributed by atoms with van der Waals surface area (Å²) < 4.78 is 9.95. The fraction of sp³-hybridized carbons (Fsp3) is 0.571. The lowest BCUT2D eigenvalue weighted by atomic mass is 10.2. The van der Waals surface area contributed by atoms with Gasteiger partial charge >= 0.3 is 0 Å². The van der Waals surface area contributed by atoms with E-state index in [-0.39, 0.29) is 11.6 Å². The van der Waals surface area contributed by atoms with E-state index in [2.05, 4.69) is 4.98 Å². The van der Waals surface area contributed by atoms with Gasteiger partial charge < -0.3 is 19.3 Å². The van der Waals surface area contributed by atoms with E-state index in [1.807, 2.05) is 4.90 Å². The highest BCUT2D eigenvalue weighted by atomic mass is 16.7. The maximum absolute atomic E-state index is 12.1. The Kier molecular flexibility index (Phi) is 5.45. The molecule has 1 aliphatic heterocycles. The number of carbonyl (C=O) groups excluding carboxylic acids is 1. The second-order valence-electron chi connectivity index (χ2n) is 5.15. The van der Waals surface area contributed by atoms with Gasteiger partial charge in [0.1, 0.15) is 11.5 Å².